The monoisotopic (exact) mass is 262 g/mol. The minimum Gasteiger partial charge on any atom is -0.468 e. The van der Waals surface area contributed by atoms with E-state index in [1.807, 2.05) is 31.2 Å². The SMILES string of the molecule is COC(=O)C1C(=O)C[C@H](c2cccc(C)c2)[C@H]1CO. The Morgan fingerprint density at radius 1 is 1.47 bits per heavy atom. The number of ketones is 1. The third-order valence-electron chi connectivity index (χ3n) is 3.85. The summed E-state index contributed by atoms with van der Waals surface area (Å²) in [5.41, 5.74) is 2.10. The lowest BCUT2D eigenvalue weighted by atomic mass is 9.85. The number of carbonyl (C=O) groups is 2. The molecule has 1 unspecified atom stereocenters. The fraction of sp³-hybridized carbons (Fsp3) is 0.467. The van der Waals surface area contributed by atoms with E-state index in [9.17, 15) is 14.7 Å². The summed E-state index contributed by atoms with van der Waals surface area (Å²) in [6.07, 6.45) is 0.286. The van der Waals surface area contributed by atoms with Crippen molar-refractivity contribution in [1.29, 1.82) is 0 Å². The number of carbonyl (C=O) groups excluding carboxylic acids is 2. The van der Waals surface area contributed by atoms with Gasteiger partial charge in [-0.1, -0.05) is 29.8 Å². The molecule has 19 heavy (non-hydrogen) atoms. The number of methoxy groups -OCH3 is 1. The molecule has 1 N–H and O–H groups in total. The summed E-state index contributed by atoms with van der Waals surface area (Å²) in [6, 6.07) is 7.84. The maximum Gasteiger partial charge on any atom is 0.316 e. The molecule has 0 bridgehead atoms. The Hall–Kier alpha value is -1.68. The topological polar surface area (TPSA) is 63.6 Å². The lowest BCUT2D eigenvalue weighted by Crippen LogP contribution is -2.29. The van der Waals surface area contributed by atoms with Gasteiger partial charge in [-0.2, -0.15) is 0 Å². The summed E-state index contributed by atoms with van der Waals surface area (Å²) in [5, 5.41) is 9.54. The first kappa shape index (κ1) is 13.7. The van der Waals surface area contributed by atoms with Crippen molar-refractivity contribution in [1.82, 2.24) is 0 Å². The van der Waals surface area contributed by atoms with Crippen molar-refractivity contribution in [2.24, 2.45) is 11.8 Å². The zero-order chi connectivity index (χ0) is 14.0. The normalized spacial score (nSPS) is 26.5. The van der Waals surface area contributed by atoms with E-state index in [0.717, 1.165) is 11.1 Å². The van der Waals surface area contributed by atoms with Crippen LogP contribution in [0.2, 0.25) is 0 Å². The van der Waals surface area contributed by atoms with Crippen LogP contribution in [-0.2, 0) is 14.3 Å². The van der Waals surface area contributed by atoms with Gasteiger partial charge in [-0.3, -0.25) is 9.59 Å². The number of rotatable bonds is 3. The molecule has 3 atom stereocenters. The van der Waals surface area contributed by atoms with Gasteiger partial charge in [0, 0.05) is 18.9 Å². The number of benzene rings is 1. The second-order valence-corrected chi connectivity index (χ2v) is 5.04. The van der Waals surface area contributed by atoms with Gasteiger partial charge < -0.3 is 9.84 Å². The maximum atomic E-state index is 12.0. The minimum absolute atomic E-state index is 0.110. The first-order chi connectivity index (χ1) is 9.08. The largest absolute Gasteiger partial charge is 0.468 e. The van der Waals surface area contributed by atoms with E-state index in [-0.39, 0.29) is 30.6 Å². The average molecular weight is 262 g/mol. The minimum atomic E-state index is -0.833. The fourth-order valence-corrected chi connectivity index (χ4v) is 2.90. The average Bonchev–Trinajstić information content (AvgIpc) is 2.74. The summed E-state index contributed by atoms with van der Waals surface area (Å²) in [4.78, 5) is 23.7. The van der Waals surface area contributed by atoms with E-state index >= 15 is 0 Å². The van der Waals surface area contributed by atoms with Gasteiger partial charge in [0.05, 0.1) is 7.11 Å². The number of aliphatic hydroxyl groups is 1. The van der Waals surface area contributed by atoms with Crippen molar-refractivity contribution in [3.05, 3.63) is 35.4 Å². The van der Waals surface area contributed by atoms with Gasteiger partial charge >= 0.3 is 5.97 Å². The van der Waals surface area contributed by atoms with Crippen molar-refractivity contribution >= 4 is 11.8 Å². The predicted molar refractivity (Wildman–Crippen MR) is 69.6 cm³/mol. The highest BCUT2D eigenvalue weighted by Gasteiger charge is 2.47. The van der Waals surface area contributed by atoms with Crippen LogP contribution in [0.3, 0.4) is 0 Å². The molecule has 4 heteroatoms. The van der Waals surface area contributed by atoms with E-state index in [0.29, 0.717) is 0 Å². The van der Waals surface area contributed by atoms with Crippen molar-refractivity contribution in [3.8, 4) is 0 Å². The lowest BCUT2D eigenvalue weighted by Gasteiger charge is -2.20. The Morgan fingerprint density at radius 3 is 2.79 bits per heavy atom. The molecule has 102 valence electrons. The quantitative estimate of drug-likeness (QED) is 0.661. The number of aryl methyl sites for hydroxylation is 1. The van der Waals surface area contributed by atoms with Crippen LogP contribution < -0.4 is 0 Å². The third kappa shape index (κ3) is 2.54. The van der Waals surface area contributed by atoms with E-state index in [1.54, 1.807) is 0 Å². The summed E-state index contributed by atoms with van der Waals surface area (Å²) in [7, 11) is 1.27. The van der Waals surface area contributed by atoms with Crippen LogP contribution in [0.25, 0.3) is 0 Å². The fourth-order valence-electron chi connectivity index (χ4n) is 2.90. The highest BCUT2D eigenvalue weighted by atomic mass is 16.5. The van der Waals surface area contributed by atoms with Crippen molar-refractivity contribution in [2.75, 3.05) is 13.7 Å². The number of aliphatic hydroxyl groups excluding tert-OH is 1. The Bertz CT molecular complexity index is 495. The number of Topliss-reactive ketones (excluding diaryl/α,β-unsaturated/α-hetero) is 1. The van der Waals surface area contributed by atoms with Crippen LogP contribution in [-0.4, -0.2) is 30.6 Å². The third-order valence-corrected chi connectivity index (χ3v) is 3.85. The molecule has 1 aliphatic carbocycles. The molecule has 2 rings (SSSR count). The van der Waals surface area contributed by atoms with Crippen molar-refractivity contribution < 1.29 is 19.4 Å². The van der Waals surface area contributed by atoms with E-state index in [2.05, 4.69) is 4.74 Å². The van der Waals surface area contributed by atoms with Crippen LogP contribution in [0.1, 0.15) is 23.5 Å². The molecule has 0 aliphatic heterocycles. The summed E-state index contributed by atoms with van der Waals surface area (Å²) >= 11 is 0. The zero-order valence-corrected chi connectivity index (χ0v) is 11.1. The van der Waals surface area contributed by atoms with Gasteiger partial charge in [0.1, 0.15) is 11.7 Å². The number of ether oxygens (including phenoxy) is 1. The summed E-state index contributed by atoms with van der Waals surface area (Å²) < 4.78 is 4.67. The van der Waals surface area contributed by atoms with Crippen molar-refractivity contribution in [2.45, 2.75) is 19.3 Å². The van der Waals surface area contributed by atoms with Gasteiger partial charge in [0.2, 0.25) is 0 Å². The first-order valence-corrected chi connectivity index (χ1v) is 6.36. The molecule has 4 nitrogen and oxygen atoms in total. The number of hydrogen-bond donors (Lipinski definition) is 1. The lowest BCUT2D eigenvalue weighted by molar-refractivity contribution is -0.150. The molecule has 1 aliphatic rings. The molecule has 0 amide bonds. The molecule has 1 aromatic carbocycles. The van der Waals surface area contributed by atoms with Crippen LogP contribution >= 0.6 is 0 Å². The van der Waals surface area contributed by atoms with E-state index in [4.69, 9.17) is 0 Å². The van der Waals surface area contributed by atoms with Gasteiger partial charge in [0.15, 0.2) is 0 Å². The molecule has 0 radical (unpaired) electrons. The highest BCUT2D eigenvalue weighted by Crippen LogP contribution is 2.41. The number of hydrogen-bond acceptors (Lipinski definition) is 4. The zero-order valence-electron chi connectivity index (χ0n) is 11.1. The van der Waals surface area contributed by atoms with Crippen LogP contribution in [0, 0.1) is 18.8 Å². The second-order valence-electron chi connectivity index (χ2n) is 5.04. The van der Waals surface area contributed by atoms with Gasteiger partial charge in [-0.25, -0.2) is 0 Å². The van der Waals surface area contributed by atoms with Crippen LogP contribution in [0.5, 0.6) is 0 Å². The second kappa shape index (κ2) is 5.53. The van der Waals surface area contributed by atoms with E-state index in [1.165, 1.54) is 7.11 Å². The maximum absolute atomic E-state index is 12.0. The molecule has 0 heterocycles. The van der Waals surface area contributed by atoms with E-state index < -0.39 is 11.9 Å². The number of esters is 1. The van der Waals surface area contributed by atoms with Gasteiger partial charge in [0.25, 0.3) is 0 Å². The first-order valence-electron chi connectivity index (χ1n) is 6.36. The summed E-state index contributed by atoms with van der Waals surface area (Å²) in [5.74, 6) is -2.01. The molecule has 1 aromatic rings. The molecular formula is C15H18O4. The molecule has 0 aromatic heterocycles. The summed E-state index contributed by atoms with van der Waals surface area (Å²) in [6.45, 7) is 1.79. The predicted octanol–water partition coefficient (Wildman–Crippen LogP) is 1.45. The molecule has 0 spiro atoms. The Labute approximate surface area is 112 Å². The highest BCUT2D eigenvalue weighted by molar-refractivity contribution is 6.01. The smallest absolute Gasteiger partial charge is 0.316 e. The Morgan fingerprint density at radius 2 is 2.21 bits per heavy atom. The van der Waals surface area contributed by atoms with Gasteiger partial charge in [-0.15, -0.1) is 0 Å². The van der Waals surface area contributed by atoms with Crippen LogP contribution in [0.4, 0.5) is 0 Å². The van der Waals surface area contributed by atoms with Crippen molar-refractivity contribution in [3.63, 3.8) is 0 Å². The standard InChI is InChI=1S/C15H18O4/c1-9-4-3-5-10(6-9)11-7-13(17)14(12(11)8-16)15(18)19-2/h3-6,11-12,14,16H,7-8H2,1-2H3/t11-,12-,14?/m1/s1. The Kier molecular flexibility index (Phi) is 4.00. The molecule has 0 saturated heterocycles. The molecule has 1 fully saturated rings. The Balaban J connectivity index is 2.32. The molecular weight excluding hydrogens is 244 g/mol. The van der Waals surface area contributed by atoms with Gasteiger partial charge in [-0.05, 0) is 18.4 Å². The molecule has 1 saturated carbocycles. The van der Waals surface area contributed by atoms with Crippen LogP contribution in [0.15, 0.2) is 24.3 Å².